The molecule has 0 aliphatic carbocycles. The van der Waals surface area contributed by atoms with Gasteiger partial charge in [0, 0.05) is 32.6 Å². The van der Waals surface area contributed by atoms with Gasteiger partial charge in [0.15, 0.2) is 5.96 Å². The van der Waals surface area contributed by atoms with E-state index in [1.807, 2.05) is 18.2 Å². The Bertz CT molecular complexity index is 789. The zero-order chi connectivity index (χ0) is 19.8. The summed E-state index contributed by atoms with van der Waals surface area (Å²) in [7, 11) is 1.74. The van der Waals surface area contributed by atoms with E-state index in [-0.39, 0.29) is 29.8 Å². The van der Waals surface area contributed by atoms with Crippen molar-refractivity contribution in [1.82, 2.24) is 10.2 Å². The summed E-state index contributed by atoms with van der Waals surface area (Å²) in [6, 6.07) is 13.7. The molecule has 0 aromatic heterocycles. The van der Waals surface area contributed by atoms with Crippen molar-refractivity contribution in [2.45, 2.75) is 19.4 Å². The maximum absolute atomic E-state index is 13.7. The number of hydrogen-bond acceptors (Lipinski definition) is 2. The largest absolute Gasteiger partial charge is 0.376 e. The molecule has 1 aliphatic heterocycles. The third-order valence-corrected chi connectivity index (χ3v) is 4.95. The van der Waals surface area contributed by atoms with Gasteiger partial charge in [-0.1, -0.05) is 30.3 Å². The van der Waals surface area contributed by atoms with Crippen LogP contribution in [0.4, 0.5) is 8.78 Å². The van der Waals surface area contributed by atoms with Crippen molar-refractivity contribution in [1.29, 1.82) is 0 Å². The molecule has 1 N–H and O–H groups in total. The fourth-order valence-corrected chi connectivity index (χ4v) is 3.45. The molecule has 0 spiro atoms. The van der Waals surface area contributed by atoms with Crippen LogP contribution in [-0.4, -0.2) is 44.1 Å². The van der Waals surface area contributed by atoms with Crippen molar-refractivity contribution in [3.05, 3.63) is 71.3 Å². The number of likely N-dealkylation sites (tertiary alicyclic amines) is 1. The molecular weight excluding hydrogens is 487 g/mol. The number of hydrogen-bond donors (Lipinski definition) is 1. The van der Waals surface area contributed by atoms with Gasteiger partial charge in [0.05, 0.1) is 13.2 Å². The average molecular weight is 515 g/mol. The third kappa shape index (κ3) is 7.22. The highest BCUT2D eigenvalue weighted by molar-refractivity contribution is 14.0. The van der Waals surface area contributed by atoms with Gasteiger partial charge in [-0.05, 0) is 42.2 Å². The van der Waals surface area contributed by atoms with Gasteiger partial charge in [0.2, 0.25) is 0 Å². The summed E-state index contributed by atoms with van der Waals surface area (Å²) in [6.45, 7) is 3.63. The first-order valence-corrected chi connectivity index (χ1v) is 9.67. The number of guanidine groups is 1. The Balaban J connectivity index is 0.00000300. The molecule has 2 aromatic carbocycles. The molecule has 1 aliphatic rings. The highest BCUT2D eigenvalue weighted by Crippen LogP contribution is 2.17. The van der Waals surface area contributed by atoms with E-state index in [1.165, 1.54) is 17.7 Å². The van der Waals surface area contributed by atoms with Crippen molar-refractivity contribution in [3.63, 3.8) is 0 Å². The van der Waals surface area contributed by atoms with Crippen molar-refractivity contribution >= 4 is 29.9 Å². The smallest absolute Gasteiger partial charge is 0.193 e. The molecule has 0 bridgehead atoms. The Morgan fingerprint density at radius 2 is 2.00 bits per heavy atom. The second kappa shape index (κ2) is 12.1. The lowest BCUT2D eigenvalue weighted by Gasteiger charge is -2.22. The number of ether oxygens (including phenoxy) is 1. The summed E-state index contributed by atoms with van der Waals surface area (Å²) >= 11 is 0. The van der Waals surface area contributed by atoms with E-state index in [1.54, 1.807) is 7.05 Å². The van der Waals surface area contributed by atoms with Gasteiger partial charge in [-0.15, -0.1) is 24.0 Å². The molecule has 3 rings (SSSR count). The van der Waals surface area contributed by atoms with E-state index in [4.69, 9.17) is 4.74 Å². The van der Waals surface area contributed by atoms with Crippen LogP contribution in [0.15, 0.2) is 53.5 Å². The molecule has 7 heteroatoms. The first-order valence-electron chi connectivity index (χ1n) is 9.67. The van der Waals surface area contributed by atoms with Crippen molar-refractivity contribution in [3.8, 4) is 0 Å². The summed E-state index contributed by atoms with van der Waals surface area (Å²) < 4.78 is 32.9. The monoisotopic (exact) mass is 515 g/mol. The van der Waals surface area contributed by atoms with Gasteiger partial charge >= 0.3 is 0 Å². The maximum atomic E-state index is 13.7. The van der Waals surface area contributed by atoms with E-state index in [9.17, 15) is 8.78 Å². The first kappa shape index (κ1) is 23.5. The summed E-state index contributed by atoms with van der Waals surface area (Å²) in [5, 5.41) is 3.26. The number of nitrogens with one attached hydrogen (secondary N) is 1. The Morgan fingerprint density at radius 3 is 2.76 bits per heavy atom. The summed E-state index contributed by atoms with van der Waals surface area (Å²) in [5.41, 5.74) is 1.55. The highest BCUT2D eigenvalue weighted by atomic mass is 127. The fraction of sp³-hybridized carbons (Fsp3) is 0.409. The summed E-state index contributed by atoms with van der Waals surface area (Å²) in [6.07, 6.45) is 1.45. The van der Waals surface area contributed by atoms with Crippen molar-refractivity contribution < 1.29 is 13.5 Å². The number of halogens is 3. The van der Waals surface area contributed by atoms with Crippen LogP contribution in [0.25, 0.3) is 0 Å². The van der Waals surface area contributed by atoms with E-state index >= 15 is 0 Å². The van der Waals surface area contributed by atoms with Gasteiger partial charge < -0.3 is 15.0 Å². The van der Waals surface area contributed by atoms with Crippen molar-refractivity contribution in [2.75, 3.05) is 33.3 Å². The molecule has 158 valence electrons. The molecule has 4 nitrogen and oxygen atoms in total. The zero-order valence-electron chi connectivity index (χ0n) is 16.6. The summed E-state index contributed by atoms with van der Waals surface area (Å²) in [4.78, 5) is 6.52. The zero-order valence-corrected chi connectivity index (χ0v) is 18.9. The predicted molar refractivity (Wildman–Crippen MR) is 123 cm³/mol. The Morgan fingerprint density at radius 1 is 1.21 bits per heavy atom. The average Bonchev–Trinajstić information content (AvgIpc) is 3.17. The van der Waals surface area contributed by atoms with E-state index < -0.39 is 5.82 Å². The molecule has 1 saturated heterocycles. The van der Waals surface area contributed by atoms with Crippen LogP contribution in [0.3, 0.4) is 0 Å². The van der Waals surface area contributed by atoms with Crippen LogP contribution in [0.2, 0.25) is 0 Å². The molecule has 0 saturated carbocycles. The molecule has 1 fully saturated rings. The van der Waals surface area contributed by atoms with E-state index in [0.717, 1.165) is 38.1 Å². The van der Waals surface area contributed by atoms with Gasteiger partial charge in [-0.3, -0.25) is 4.99 Å². The summed E-state index contributed by atoms with van der Waals surface area (Å²) in [5.74, 6) is 0.457. The lowest BCUT2D eigenvalue weighted by atomic mass is 10.1. The van der Waals surface area contributed by atoms with Gasteiger partial charge in [-0.25, -0.2) is 8.78 Å². The number of rotatable bonds is 7. The second-order valence-electron chi connectivity index (χ2n) is 7.06. The highest BCUT2D eigenvalue weighted by Gasteiger charge is 2.24. The molecule has 1 heterocycles. The molecule has 2 aromatic rings. The van der Waals surface area contributed by atoms with Crippen LogP contribution in [-0.2, 0) is 17.8 Å². The van der Waals surface area contributed by atoms with Crippen LogP contribution in [0.5, 0.6) is 0 Å². The quantitative estimate of drug-likeness (QED) is 0.341. The molecular formula is C22H28F2IN3O. The topological polar surface area (TPSA) is 36.9 Å². The van der Waals surface area contributed by atoms with Crippen LogP contribution >= 0.6 is 24.0 Å². The maximum Gasteiger partial charge on any atom is 0.193 e. The minimum absolute atomic E-state index is 0. The molecule has 1 atom stereocenters. The molecule has 0 radical (unpaired) electrons. The second-order valence-corrected chi connectivity index (χ2v) is 7.06. The Hall–Kier alpha value is -1.74. The molecule has 0 amide bonds. The number of benzene rings is 2. The van der Waals surface area contributed by atoms with E-state index in [0.29, 0.717) is 31.1 Å². The van der Waals surface area contributed by atoms with Crippen molar-refractivity contribution in [2.24, 2.45) is 10.9 Å². The van der Waals surface area contributed by atoms with Gasteiger partial charge in [0.25, 0.3) is 0 Å². The standard InChI is InChI=1S/C22H27F2N3O.HI/c1-25-22(26-11-9-19-13-20(23)7-8-21(19)24)27-12-10-18(14-27)16-28-15-17-5-3-2-4-6-17;/h2-8,13,18H,9-12,14-16H2,1H3,(H,25,26);1H. The van der Waals surface area contributed by atoms with Crippen LogP contribution in [0, 0.1) is 17.6 Å². The van der Waals surface area contributed by atoms with Crippen LogP contribution in [0.1, 0.15) is 17.5 Å². The molecule has 29 heavy (non-hydrogen) atoms. The van der Waals surface area contributed by atoms with Gasteiger partial charge in [-0.2, -0.15) is 0 Å². The van der Waals surface area contributed by atoms with Gasteiger partial charge in [0.1, 0.15) is 11.6 Å². The Labute approximate surface area is 188 Å². The number of nitrogens with zero attached hydrogens (tertiary/aromatic N) is 2. The SMILES string of the molecule is CN=C(NCCc1cc(F)ccc1F)N1CCC(COCc2ccccc2)C1.I. The first-order chi connectivity index (χ1) is 13.7. The lowest BCUT2D eigenvalue weighted by molar-refractivity contribution is 0.0907. The number of aliphatic imine (C=N–C) groups is 1. The third-order valence-electron chi connectivity index (χ3n) is 4.95. The predicted octanol–water partition coefficient (Wildman–Crippen LogP) is 4.24. The Kier molecular flexibility index (Phi) is 9.80. The van der Waals surface area contributed by atoms with Crippen LogP contribution < -0.4 is 5.32 Å². The molecule has 1 unspecified atom stereocenters. The van der Waals surface area contributed by atoms with E-state index in [2.05, 4.69) is 27.3 Å². The lowest BCUT2D eigenvalue weighted by Crippen LogP contribution is -2.41. The fourth-order valence-electron chi connectivity index (χ4n) is 3.45. The minimum atomic E-state index is -0.418. The normalized spacial score (nSPS) is 16.6. The minimum Gasteiger partial charge on any atom is -0.376 e.